The van der Waals surface area contributed by atoms with E-state index >= 15 is 0 Å². The minimum atomic E-state index is -1.67. The molecule has 1 saturated heterocycles. The number of unbranched alkanes of at least 4 members (excludes halogenated alkanes) is 25. The van der Waals surface area contributed by atoms with Crippen LogP contribution in [-0.2, 0) is 14.3 Å². The molecule has 1 amide bonds. The number of allylic oxidation sites excluding steroid dienone is 4. The predicted molar refractivity (Wildman–Crippen MR) is 242 cm³/mol. The van der Waals surface area contributed by atoms with Gasteiger partial charge in [0, 0.05) is 0 Å². The molecule has 0 aliphatic carbocycles. The summed E-state index contributed by atoms with van der Waals surface area (Å²) < 4.78 is 11.1. The van der Waals surface area contributed by atoms with Gasteiger partial charge in [-0.3, -0.25) is 4.79 Å². The lowest BCUT2D eigenvalue weighted by Crippen LogP contribution is -2.60. The molecule has 1 rings (SSSR count). The lowest BCUT2D eigenvalue weighted by atomic mass is 9.98. The zero-order valence-electron chi connectivity index (χ0n) is 38.2. The van der Waals surface area contributed by atoms with E-state index in [9.17, 15) is 40.5 Å². The average Bonchev–Trinajstić information content (AvgIpc) is 3.25. The molecule has 11 nitrogen and oxygen atoms in total. The van der Waals surface area contributed by atoms with Gasteiger partial charge in [-0.2, -0.15) is 0 Å². The van der Waals surface area contributed by atoms with Gasteiger partial charge in [-0.15, -0.1) is 0 Å². The maximum atomic E-state index is 13.1. The van der Waals surface area contributed by atoms with Crippen LogP contribution in [0, 0.1) is 0 Å². The van der Waals surface area contributed by atoms with E-state index in [1.165, 1.54) is 135 Å². The summed E-state index contributed by atoms with van der Waals surface area (Å²) in [6.07, 6.45) is 32.3. The lowest BCUT2D eigenvalue weighted by Gasteiger charge is -2.40. The Morgan fingerprint density at radius 3 is 1.43 bits per heavy atom. The summed E-state index contributed by atoms with van der Waals surface area (Å²) >= 11 is 0. The molecule has 8 N–H and O–H groups in total. The second kappa shape index (κ2) is 39.2. The van der Waals surface area contributed by atoms with Gasteiger partial charge in [0.15, 0.2) is 6.29 Å². The smallest absolute Gasteiger partial charge is 0.249 e. The van der Waals surface area contributed by atoms with Crippen LogP contribution in [0.5, 0.6) is 0 Å². The topological polar surface area (TPSA) is 189 Å². The molecule has 0 spiro atoms. The number of hydrogen-bond donors (Lipinski definition) is 8. The van der Waals surface area contributed by atoms with Gasteiger partial charge in [0.1, 0.15) is 36.6 Å². The summed E-state index contributed by atoms with van der Waals surface area (Å²) in [4.78, 5) is 13.1. The second-order valence-corrected chi connectivity index (χ2v) is 17.5. The van der Waals surface area contributed by atoms with E-state index in [2.05, 4.69) is 43.5 Å². The maximum Gasteiger partial charge on any atom is 0.249 e. The number of aliphatic hydroxyl groups excluding tert-OH is 7. The van der Waals surface area contributed by atoms with Crippen molar-refractivity contribution in [1.29, 1.82) is 0 Å². The first kappa shape index (κ1) is 56.6. The Hall–Kier alpha value is -1.41. The van der Waals surface area contributed by atoms with E-state index in [-0.39, 0.29) is 12.8 Å². The largest absolute Gasteiger partial charge is 0.394 e. The highest BCUT2D eigenvalue weighted by Gasteiger charge is 2.44. The summed E-state index contributed by atoms with van der Waals surface area (Å²) in [5.41, 5.74) is 0. The third-order valence-corrected chi connectivity index (χ3v) is 12.0. The van der Waals surface area contributed by atoms with E-state index in [4.69, 9.17) is 9.47 Å². The zero-order valence-corrected chi connectivity index (χ0v) is 38.2. The number of ether oxygens (including phenoxy) is 2. The van der Waals surface area contributed by atoms with Crippen LogP contribution in [0.4, 0.5) is 0 Å². The van der Waals surface area contributed by atoms with E-state index < -0.39 is 74.2 Å². The molecule has 11 heteroatoms. The molecule has 1 aliphatic rings. The number of amides is 1. The highest BCUT2D eigenvalue weighted by atomic mass is 16.7. The Labute approximate surface area is 365 Å². The number of rotatable bonds is 41. The van der Waals surface area contributed by atoms with E-state index in [1.54, 1.807) is 0 Å². The fourth-order valence-electron chi connectivity index (χ4n) is 7.85. The molecule has 1 aliphatic heterocycles. The number of hydrogen-bond acceptors (Lipinski definition) is 10. The van der Waals surface area contributed by atoms with Crippen molar-refractivity contribution in [2.75, 3.05) is 13.2 Å². The highest BCUT2D eigenvalue weighted by molar-refractivity contribution is 5.80. The van der Waals surface area contributed by atoms with Crippen LogP contribution >= 0.6 is 0 Å². The first-order valence-corrected chi connectivity index (χ1v) is 24.7. The van der Waals surface area contributed by atoms with Crippen LogP contribution < -0.4 is 5.32 Å². The molecule has 0 saturated carbocycles. The Bertz CT molecular complexity index is 1030. The summed E-state index contributed by atoms with van der Waals surface area (Å²) in [6, 6.07) is -1.18. The van der Waals surface area contributed by atoms with E-state index in [0.29, 0.717) is 12.8 Å². The van der Waals surface area contributed by atoms with Crippen LogP contribution in [0.3, 0.4) is 0 Å². The van der Waals surface area contributed by atoms with Gasteiger partial charge in [-0.25, -0.2) is 0 Å². The molecular weight excluding hydrogens is 763 g/mol. The molecule has 354 valence electrons. The number of nitrogens with one attached hydrogen (secondary N) is 1. The summed E-state index contributed by atoms with van der Waals surface area (Å²) in [6.45, 7) is 3.41. The molecule has 60 heavy (non-hydrogen) atoms. The van der Waals surface area contributed by atoms with Crippen molar-refractivity contribution in [3.05, 3.63) is 24.3 Å². The second-order valence-electron chi connectivity index (χ2n) is 17.5. The van der Waals surface area contributed by atoms with Crippen LogP contribution in [-0.4, -0.2) is 110 Å². The third-order valence-electron chi connectivity index (χ3n) is 12.0. The van der Waals surface area contributed by atoms with Crippen molar-refractivity contribution in [1.82, 2.24) is 5.32 Å². The minimum absolute atomic E-state index is 0.255. The monoisotopic (exact) mass is 856 g/mol. The van der Waals surface area contributed by atoms with Crippen LogP contribution in [0.1, 0.15) is 213 Å². The Balaban J connectivity index is 2.38. The van der Waals surface area contributed by atoms with Crippen molar-refractivity contribution in [3.8, 4) is 0 Å². The van der Waals surface area contributed by atoms with Gasteiger partial charge in [0.2, 0.25) is 5.91 Å². The normalized spacial score (nSPS) is 21.8. The van der Waals surface area contributed by atoms with Crippen molar-refractivity contribution in [2.45, 2.75) is 268 Å². The Morgan fingerprint density at radius 1 is 0.567 bits per heavy atom. The molecule has 0 aromatic carbocycles. The van der Waals surface area contributed by atoms with E-state index in [1.807, 2.05) is 0 Å². The van der Waals surface area contributed by atoms with Crippen molar-refractivity contribution >= 4 is 5.91 Å². The molecular formula is C49H93NO10. The minimum Gasteiger partial charge on any atom is -0.394 e. The summed E-state index contributed by atoms with van der Waals surface area (Å²) in [5, 5.41) is 75.7. The maximum absolute atomic E-state index is 13.1. The van der Waals surface area contributed by atoms with Crippen LogP contribution in [0.2, 0.25) is 0 Å². The summed E-state index contributed by atoms with van der Waals surface area (Å²) in [5.74, 6) is -0.707. The third kappa shape index (κ3) is 28.3. The predicted octanol–water partition coefficient (Wildman–Crippen LogP) is 8.62. The Morgan fingerprint density at radius 2 is 0.983 bits per heavy atom. The quantitative estimate of drug-likeness (QED) is 0.0218. The molecule has 0 radical (unpaired) electrons. The SMILES string of the molecule is CCCCCCC/C=C\CCCCCCCCCCCCCC[C@@H](O)C(=O)N[C@@H](CO[C@@H]1O[C@H](CO)[C@@H](O)[C@H](O)[C@H]1O)[C@H](O)[C@H](O)CCC/C=C\CCCCCCCCC. The van der Waals surface area contributed by atoms with Gasteiger partial charge in [0.25, 0.3) is 0 Å². The van der Waals surface area contributed by atoms with Gasteiger partial charge < -0.3 is 50.5 Å². The van der Waals surface area contributed by atoms with Crippen molar-refractivity contribution in [3.63, 3.8) is 0 Å². The number of carbonyl (C=O) groups is 1. The molecule has 0 bridgehead atoms. The molecule has 0 unspecified atom stereocenters. The van der Waals surface area contributed by atoms with Crippen LogP contribution in [0.25, 0.3) is 0 Å². The fraction of sp³-hybridized carbons (Fsp3) is 0.898. The zero-order chi connectivity index (χ0) is 44.1. The number of aliphatic hydroxyl groups is 7. The highest BCUT2D eigenvalue weighted by Crippen LogP contribution is 2.23. The summed E-state index contributed by atoms with van der Waals surface area (Å²) in [7, 11) is 0. The van der Waals surface area contributed by atoms with Gasteiger partial charge in [0.05, 0.1) is 25.4 Å². The molecule has 0 aromatic heterocycles. The fourth-order valence-corrected chi connectivity index (χ4v) is 7.85. The van der Waals surface area contributed by atoms with Crippen molar-refractivity contribution < 1.29 is 50.0 Å². The van der Waals surface area contributed by atoms with Gasteiger partial charge >= 0.3 is 0 Å². The Kier molecular flexibility index (Phi) is 37.0. The number of carbonyl (C=O) groups excluding carboxylic acids is 1. The standard InChI is InChI=1S/C49H93NO10/c1-3-5-7-9-11-13-15-17-18-19-20-21-22-23-24-25-27-29-31-33-35-37-42(53)48(58)50-40(39-59-49-47(57)46(56)45(55)43(38-51)60-49)44(54)41(52)36-34-32-30-28-26-16-14-12-10-8-6-4-2/h15,17,28,30,40-47,49,51-57H,3-14,16,18-27,29,31-39H2,1-2H3,(H,50,58)/b17-15-,30-28-/t40-,41+,42+,43+,44-,45+,46-,47+,49+/m0/s1. The van der Waals surface area contributed by atoms with Crippen LogP contribution in [0.15, 0.2) is 24.3 Å². The molecule has 9 atom stereocenters. The van der Waals surface area contributed by atoms with Gasteiger partial charge in [-0.1, -0.05) is 173 Å². The van der Waals surface area contributed by atoms with E-state index in [0.717, 1.165) is 38.5 Å². The molecule has 0 aromatic rings. The lowest BCUT2D eigenvalue weighted by molar-refractivity contribution is -0.303. The first-order chi connectivity index (χ1) is 29.2. The average molecular weight is 856 g/mol. The van der Waals surface area contributed by atoms with Gasteiger partial charge in [-0.05, 0) is 64.2 Å². The molecule has 1 fully saturated rings. The first-order valence-electron chi connectivity index (χ1n) is 24.7. The van der Waals surface area contributed by atoms with Crippen molar-refractivity contribution in [2.24, 2.45) is 0 Å². The molecule has 1 heterocycles.